The van der Waals surface area contributed by atoms with Gasteiger partial charge in [-0.05, 0) is 29.8 Å². The topological polar surface area (TPSA) is 87.4 Å². The van der Waals surface area contributed by atoms with Crippen LogP contribution in [0, 0.1) is 0 Å². The summed E-state index contributed by atoms with van der Waals surface area (Å²) in [4.78, 5) is 24.6. The number of aromatic nitrogens is 4. The molecule has 0 aliphatic carbocycles. The molecule has 27 heavy (non-hydrogen) atoms. The highest BCUT2D eigenvalue weighted by atomic mass is 16.4. The van der Waals surface area contributed by atoms with E-state index < -0.39 is 12.0 Å². The lowest BCUT2D eigenvalue weighted by Crippen LogP contribution is -2.49. The van der Waals surface area contributed by atoms with Gasteiger partial charge in [0, 0.05) is 51.0 Å². The van der Waals surface area contributed by atoms with Crippen LogP contribution in [0.3, 0.4) is 0 Å². The second-order valence-corrected chi connectivity index (χ2v) is 6.35. The number of carboxylic acids is 1. The Morgan fingerprint density at radius 2 is 1.67 bits per heavy atom. The van der Waals surface area contributed by atoms with Crippen molar-refractivity contribution in [2.24, 2.45) is 0 Å². The van der Waals surface area contributed by atoms with E-state index in [1.807, 2.05) is 41.4 Å². The summed E-state index contributed by atoms with van der Waals surface area (Å²) in [5, 5.41) is 14.0. The molecule has 138 valence electrons. The van der Waals surface area contributed by atoms with Crippen LogP contribution in [0.2, 0.25) is 0 Å². The van der Waals surface area contributed by atoms with E-state index in [4.69, 9.17) is 0 Å². The minimum Gasteiger partial charge on any atom is -0.480 e. The molecule has 1 unspecified atom stereocenters. The number of rotatable bonds is 5. The second-order valence-electron chi connectivity index (χ2n) is 6.35. The average Bonchev–Trinajstić information content (AvgIpc) is 3.25. The maximum atomic E-state index is 12.0. The van der Waals surface area contributed by atoms with Gasteiger partial charge < -0.3 is 10.0 Å². The molecule has 1 aliphatic heterocycles. The first-order chi connectivity index (χ1) is 13.2. The number of benzene rings is 1. The number of hydrogen-bond donors (Lipinski definition) is 1. The first-order valence-corrected chi connectivity index (χ1v) is 8.81. The van der Waals surface area contributed by atoms with Crippen molar-refractivity contribution >= 4 is 11.9 Å². The van der Waals surface area contributed by atoms with Crippen molar-refractivity contribution in [2.75, 3.05) is 31.1 Å². The van der Waals surface area contributed by atoms with Crippen LogP contribution < -0.4 is 4.90 Å². The minimum atomic E-state index is -0.841. The van der Waals surface area contributed by atoms with Crippen molar-refractivity contribution in [3.63, 3.8) is 0 Å². The molecule has 3 heterocycles. The van der Waals surface area contributed by atoms with Crippen molar-refractivity contribution in [3.05, 3.63) is 66.7 Å². The number of carbonyl (C=O) groups is 1. The van der Waals surface area contributed by atoms with Crippen LogP contribution >= 0.6 is 0 Å². The fourth-order valence-electron chi connectivity index (χ4n) is 3.38. The predicted octanol–water partition coefficient (Wildman–Crippen LogP) is 1.61. The van der Waals surface area contributed by atoms with E-state index in [2.05, 4.69) is 20.0 Å². The van der Waals surface area contributed by atoms with Crippen molar-refractivity contribution in [1.82, 2.24) is 24.6 Å². The van der Waals surface area contributed by atoms with Gasteiger partial charge in [-0.3, -0.25) is 9.69 Å². The van der Waals surface area contributed by atoms with Crippen molar-refractivity contribution in [3.8, 4) is 5.69 Å². The van der Waals surface area contributed by atoms with E-state index in [0.29, 0.717) is 32.1 Å². The molecule has 8 nitrogen and oxygen atoms in total. The predicted molar refractivity (Wildman–Crippen MR) is 99.8 cm³/mol. The van der Waals surface area contributed by atoms with Crippen LogP contribution in [0.4, 0.5) is 5.95 Å². The molecule has 0 bridgehead atoms. The highest BCUT2D eigenvalue weighted by Crippen LogP contribution is 2.24. The SMILES string of the molecule is O=C(O)C(c1ccc(-n2cccn2)cc1)N1CCN(c2ncccn2)CC1. The number of aliphatic carboxylic acids is 1. The molecule has 8 heteroatoms. The summed E-state index contributed by atoms with van der Waals surface area (Å²) in [5.74, 6) is -0.154. The zero-order valence-corrected chi connectivity index (χ0v) is 14.7. The van der Waals surface area contributed by atoms with E-state index in [1.165, 1.54) is 0 Å². The molecule has 1 N–H and O–H groups in total. The summed E-state index contributed by atoms with van der Waals surface area (Å²) >= 11 is 0. The van der Waals surface area contributed by atoms with E-state index in [1.54, 1.807) is 29.3 Å². The second kappa shape index (κ2) is 7.55. The van der Waals surface area contributed by atoms with Gasteiger partial charge >= 0.3 is 5.97 Å². The molecule has 2 aromatic heterocycles. The third-order valence-electron chi connectivity index (χ3n) is 4.73. The van der Waals surface area contributed by atoms with E-state index in [-0.39, 0.29) is 0 Å². The van der Waals surface area contributed by atoms with E-state index >= 15 is 0 Å². The van der Waals surface area contributed by atoms with Gasteiger partial charge in [0.25, 0.3) is 0 Å². The zero-order chi connectivity index (χ0) is 18.6. The molecule has 0 spiro atoms. The Kier molecular flexibility index (Phi) is 4.80. The average molecular weight is 364 g/mol. The highest BCUT2D eigenvalue weighted by molar-refractivity contribution is 5.75. The number of carboxylic acid groups (broad SMARTS) is 1. The Bertz CT molecular complexity index is 874. The molecule has 1 aromatic carbocycles. The maximum absolute atomic E-state index is 12.0. The van der Waals surface area contributed by atoms with Crippen LogP contribution in [0.1, 0.15) is 11.6 Å². The van der Waals surface area contributed by atoms with Gasteiger partial charge in [-0.15, -0.1) is 0 Å². The van der Waals surface area contributed by atoms with Gasteiger partial charge in [0.05, 0.1) is 5.69 Å². The summed E-state index contributed by atoms with van der Waals surface area (Å²) in [5.41, 5.74) is 1.67. The van der Waals surface area contributed by atoms with Gasteiger partial charge in [-0.1, -0.05) is 12.1 Å². The number of nitrogens with zero attached hydrogens (tertiary/aromatic N) is 6. The molecule has 1 aliphatic rings. The van der Waals surface area contributed by atoms with Gasteiger partial charge in [0.2, 0.25) is 5.95 Å². The highest BCUT2D eigenvalue weighted by Gasteiger charge is 2.30. The Morgan fingerprint density at radius 3 is 2.26 bits per heavy atom. The maximum Gasteiger partial charge on any atom is 0.325 e. The molecule has 1 atom stereocenters. The summed E-state index contributed by atoms with van der Waals surface area (Å²) < 4.78 is 1.75. The monoisotopic (exact) mass is 364 g/mol. The smallest absolute Gasteiger partial charge is 0.325 e. The van der Waals surface area contributed by atoms with Crippen LogP contribution in [0.25, 0.3) is 5.69 Å². The molecular weight excluding hydrogens is 344 g/mol. The standard InChI is InChI=1S/C19H20N6O2/c26-18(27)17(15-3-5-16(6-4-15)25-10-2-9-22-25)23-11-13-24(14-12-23)19-20-7-1-8-21-19/h1-10,17H,11-14H2,(H,26,27). The molecule has 4 rings (SSSR count). The molecule has 1 saturated heterocycles. The number of anilines is 1. The molecular formula is C19H20N6O2. The Hall–Kier alpha value is -3.26. The van der Waals surface area contributed by atoms with Gasteiger partial charge in [0.1, 0.15) is 6.04 Å². The van der Waals surface area contributed by atoms with E-state index in [9.17, 15) is 9.90 Å². The van der Waals surface area contributed by atoms with E-state index in [0.717, 1.165) is 11.3 Å². The Labute approximate surface area is 156 Å². The first kappa shape index (κ1) is 17.2. The summed E-state index contributed by atoms with van der Waals surface area (Å²) in [6, 6.07) is 10.5. The fourth-order valence-corrected chi connectivity index (χ4v) is 3.38. The largest absolute Gasteiger partial charge is 0.480 e. The van der Waals surface area contributed by atoms with Crippen molar-refractivity contribution in [2.45, 2.75) is 6.04 Å². The van der Waals surface area contributed by atoms with Crippen LogP contribution in [-0.2, 0) is 4.79 Å². The van der Waals surface area contributed by atoms with Gasteiger partial charge in [0.15, 0.2) is 0 Å². The Morgan fingerprint density at radius 1 is 0.963 bits per heavy atom. The molecule has 1 fully saturated rings. The molecule has 0 saturated carbocycles. The summed E-state index contributed by atoms with van der Waals surface area (Å²) in [7, 11) is 0. The lowest BCUT2D eigenvalue weighted by molar-refractivity contribution is -0.143. The lowest BCUT2D eigenvalue weighted by atomic mass is 10.0. The third kappa shape index (κ3) is 3.65. The van der Waals surface area contributed by atoms with Crippen molar-refractivity contribution < 1.29 is 9.90 Å². The molecule has 3 aromatic rings. The molecule has 0 radical (unpaired) electrons. The van der Waals surface area contributed by atoms with Crippen LogP contribution in [0.5, 0.6) is 0 Å². The minimum absolute atomic E-state index is 0.635. The van der Waals surface area contributed by atoms with Gasteiger partial charge in [-0.25, -0.2) is 14.6 Å². The van der Waals surface area contributed by atoms with Crippen LogP contribution in [-0.4, -0.2) is 61.9 Å². The summed E-state index contributed by atoms with van der Waals surface area (Å²) in [6.45, 7) is 2.66. The molecule has 0 amide bonds. The third-order valence-corrected chi connectivity index (χ3v) is 4.73. The first-order valence-electron chi connectivity index (χ1n) is 8.81. The Balaban J connectivity index is 1.48. The number of piperazine rings is 1. The normalized spacial score (nSPS) is 16.2. The quantitative estimate of drug-likeness (QED) is 0.736. The fraction of sp³-hybridized carbons (Fsp3) is 0.263. The van der Waals surface area contributed by atoms with Gasteiger partial charge in [-0.2, -0.15) is 5.10 Å². The summed E-state index contributed by atoms with van der Waals surface area (Å²) in [6.07, 6.45) is 7.00. The zero-order valence-electron chi connectivity index (χ0n) is 14.7. The number of hydrogen-bond acceptors (Lipinski definition) is 6. The van der Waals surface area contributed by atoms with Crippen molar-refractivity contribution in [1.29, 1.82) is 0 Å². The van der Waals surface area contributed by atoms with Crippen LogP contribution in [0.15, 0.2) is 61.2 Å². The lowest BCUT2D eigenvalue weighted by Gasteiger charge is -2.37.